The van der Waals surface area contributed by atoms with Crippen LogP contribution in [0.1, 0.15) is 43.0 Å². The maximum atomic E-state index is 14.3. The Bertz CT molecular complexity index is 3030. The van der Waals surface area contributed by atoms with Gasteiger partial charge in [0.15, 0.2) is 21.4 Å². The van der Waals surface area contributed by atoms with Crippen LogP contribution in [0.3, 0.4) is 0 Å². The van der Waals surface area contributed by atoms with Crippen molar-refractivity contribution in [3.05, 3.63) is 147 Å². The van der Waals surface area contributed by atoms with Crippen LogP contribution in [0.25, 0.3) is 22.0 Å². The largest absolute Gasteiger partial charge is 0.354 e. The molecule has 7 rings (SSSR count). The molecule has 13 nitrogen and oxygen atoms in total. The molecule has 5 aromatic carbocycles. The highest BCUT2D eigenvalue weighted by Gasteiger charge is 2.35. The second kappa shape index (κ2) is 13.0. The van der Waals surface area contributed by atoms with Crippen LogP contribution in [0.5, 0.6) is 0 Å². The molecule has 0 unspecified atom stereocenters. The first-order valence-electron chi connectivity index (χ1n) is 16.0. The molecular weight excluding hydrogens is 757 g/mol. The molecule has 0 saturated heterocycles. The molecule has 1 aliphatic rings. The van der Waals surface area contributed by atoms with Crippen molar-refractivity contribution in [1.82, 2.24) is 4.57 Å². The normalized spacial score (nSPS) is 12.8. The van der Waals surface area contributed by atoms with Crippen molar-refractivity contribution in [3.63, 3.8) is 0 Å². The lowest BCUT2D eigenvalue weighted by atomic mass is 9.80. The van der Waals surface area contributed by atoms with Crippen molar-refractivity contribution in [2.45, 2.75) is 27.4 Å². The van der Waals surface area contributed by atoms with Crippen molar-refractivity contribution in [2.24, 2.45) is 7.05 Å². The number of nitrogens with zero attached hydrogens (tertiary/aromatic N) is 1. The molecule has 16 heteroatoms. The number of rotatable bonds is 9. The molecule has 0 saturated carbocycles. The van der Waals surface area contributed by atoms with E-state index in [-0.39, 0.29) is 55.0 Å². The maximum absolute atomic E-state index is 14.3. The first-order chi connectivity index (χ1) is 25.4. The van der Waals surface area contributed by atoms with Gasteiger partial charge < -0.3 is 9.88 Å². The average molecular weight is 785 g/mol. The fourth-order valence-electron chi connectivity index (χ4n) is 6.57. The number of sulfone groups is 1. The van der Waals surface area contributed by atoms with E-state index in [4.69, 9.17) is 0 Å². The number of carbonyl (C=O) groups excluding carboxylic acids is 2. The number of aryl methyl sites for hydroxylation is 2. The van der Waals surface area contributed by atoms with Gasteiger partial charge in [-0.2, -0.15) is 16.8 Å². The fraction of sp³-hybridized carbons (Fsp3) is 0.0789. The topological polar surface area (TPSA) is 211 Å². The summed E-state index contributed by atoms with van der Waals surface area (Å²) in [6, 6.07) is 23.4. The Labute approximate surface area is 309 Å². The Morgan fingerprint density at radius 2 is 1.37 bits per heavy atom. The van der Waals surface area contributed by atoms with Gasteiger partial charge in [-0.15, -0.1) is 0 Å². The second-order valence-electron chi connectivity index (χ2n) is 12.7. The van der Waals surface area contributed by atoms with Gasteiger partial charge in [0.2, 0.25) is 0 Å². The molecule has 0 bridgehead atoms. The van der Waals surface area contributed by atoms with E-state index < -0.39 is 68.3 Å². The summed E-state index contributed by atoms with van der Waals surface area (Å²) in [5.41, 5.74) is 0.181. The molecule has 54 heavy (non-hydrogen) atoms. The minimum absolute atomic E-state index is 0.00571. The third-order valence-corrected chi connectivity index (χ3v) is 12.6. The van der Waals surface area contributed by atoms with E-state index in [1.165, 1.54) is 37.4 Å². The minimum Gasteiger partial charge on any atom is -0.354 e. The van der Waals surface area contributed by atoms with Crippen LogP contribution >= 0.6 is 0 Å². The van der Waals surface area contributed by atoms with Gasteiger partial charge in [-0.1, -0.05) is 66.2 Å². The van der Waals surface area contributed by atoms with Crippen LogP contribution < -0.4 is 10.9 Å². The van der Waals surface area contributed by atoms with E-state index in [9.17, 15) is 48.7 Å². The van der Waals surface area contributed by atoms with Crippen molar-refractivity contribution in [3.8, 4) is 11.1 Å². The fourth-order valence-corrected chi connectivity index (χ4v) is 9.22. The van der Waals surface area contributed by atoms with Gasteiger partial charge in [-0.3, -0.25) is 23.5 Å². The smallest absolute Gasteiger partial charge is 0.296 e. The summed E-state index contributed by atoms with van der Waals surface area (Å²) in [7, 11) is -12.5. The zero-order valence-electron chi connectivity index (χ0n) is 28.3. The zero-order chi connectivity index (χ0) is 38.9. The van der Waals surface area contributed by atoms with Crippen LogP contribution in [0, 0.1) is 6.92 Å². The maximum Gasteiger partial charge on any atom is 0.296 e. The van der Waals surface area contributed by atoms with Crippen LogP contribution in [0.15, 0.2) is 123 Å². The van der Waals surface area contributed by atoms with Crippen molar-refractivity contribution >= 4 is 63.9 Å². The Morgan fingerprint density at radius 1 is 0.704 bits per heavy atom. The van der Waals surface area contributed by atoms with E-state index in [1.807, 2.05) is 6.92 Å². The molecule has 1 aliphatic carbocycles. The standard InChI is InChI=1S/C38H28N2O11S3/c1-21-10-12-22(13-11-21)20-52(44,45)24-14-15-28(31(19-24)54(49,50)51)39-29-16-17-30-34-32(26-8-3-4-9-27(26)37(42)33(29)34)35(38(43)40(30)2)36(41)23-6-5-7-25(18-23)53(46,47)48/h3-19,39H,20H2,1-2H3,(H,46,47,48)(H,49,50,51). The lowest BCUT2D eigenvalue weighted by Gasteiger charge is -2.26. The Morgan fingerprint density at radius 3 is 2.04 bits per heavy atom. The zero-order valence-corrected chi connectivity index (χ0v) is 30.7. The summed E-state index contributed by atoms with van der Waals surface area (Å²) in [4.78, 5) is 40.7. The first-order valence-corrected chi connectivity index (χ1v) is 20.5. The summed E-state index contributed by atoms with van der Waals surface area (Å²) >= 11 is 0. The number of benzene rings is 5. The summed E-state index contributed by atoms with van der Waals surface area (Å²) in [5.74, 6) is -1.92. The van der Waals surface area contributed by atoms with Crippen LogP contribution in [0.2, 0.25) is 0 Å². The van der Waals surface area contributed by atoms with Crippen molar-refractivity contribution in [1.29, 1.82) is 0 Å². The predicted octanol–water partition coefficient (Wildman–Crippen LogP) is 5.50. The highest BCUT2D eigenvalue weighted by molar-refractivity contribution is 7.90. The molecule has 0 amide bonds. The third-order valence-electron chi connectivity index (χ3n) is 9.19. The van der Waals surface area contributed by atoms with Crippen LogP contribution in [-0.2, 0) is 42.9 Å². The van der Waals surface area contributed by atoms with E-state index in [0.717, 1.165) is 40.5 Å². The number of pyridine rings is 1. The minimum atomic E-state index is -5.07. The molecule has 1 aromatic heterocycles. The lowest BCUT2D eigenvalue weighted by Crippen LogP contribution is -2.29. The molecule has 0 radical (unpaired) electrons. The summed E-state index contributed by atoms with van der Waals surface area (Å²) in [5, 5.41) is 2.99. The molecule has 3 N–H and O–H groups in total. The highest BCUT2D eigenvalue weighted by Crippen LogP contribution is 2.44. The van der Waals surface area contributed by atoms with Gasteiger partial charge >= 0.3 is 0 Å². The number of hydrogen-bond donors (Lipinski definition) is 3. The summed E-state index contributed by atoms with van der Waals surface area (Å²) < 4.78 is 97.0. The van der Waals surface area contributed by atoms with Gasteiger partial charge in [-0.25, -0.2) is 8.42 Å². The van der Waals surface area contributed by atoms with Gasteiger partial charge in [0.25, 0.3) is 25.8 Å². The SMILES string of the molecule is Cc1ccc(CS(=O)(=O)c2ccc(Nc3ccc4c5c3C(=O)c3ccccc3-c5c(C(=O)c3cccc(S(=O)(=O)O)c3)c(=O)n4C)c(S(=O)(=O)O)c2)cc1. The quantitative estimate of drug-likeness (QED) is 0.122. The molecule has 0 fully saturated rings. The molecule has 0 atom stereocenters. The predicted molar refractivity (Wildman–Crippen MR) is 199 cm³/mol. The van der Waals surface area contributed by atoms with Gasteiger partial charge in [-0.05, 0) is 60.5 Å². The highest BCUT2D eigenvalue weighted by atomic mass is 32.2. The second-order valence-corrected chi connectivity index (χ2v) is 17.5. The molecule has 0 aliphatic heterocycles. The molecule has 6 aromatic rings. The number of anilines is 2. The third kappa shape index (κ3) is 6.33. The van der Waals surface area contributed by atoms with Crippen molar-refractivity contribution < 1.29 is 43.9 Å². The first kappa shape index (κ1) is 36.6. The molecule has 0 spiro atoms. The van der Waals surface area contributed by atoms with Crippen LogP contribution in [-0.4, -0.2) is 50.5 Å². The summed E-state index contributed by atoms with van der Waals surface area (Å²) in [6.07, 6.45) is 0. The van der Waals surface area contributed by atoms with E-state index in [2.05, 4.69) is 5.32 Å². The van der Waals surface area contributed by atoms with E-state index >= 15 is 0 Å². The number of nitrogens with one attached hydrogen (secondary N) is 1. The molecule has 1 heterocycles. The number of ketones is 2. The van der Waals surface area contributed by atoms with Crippen molar-refractivity contribution in [2.75, 3.05) is 5.32 Å². The number of hydrogen-bond acceptors (Lipinski definition) is 10. The average Bonchev–Trinajstić information content (AvgIpc) is 3.12. The molecular formula is C38H28N2O11S3. The Hall–Kier alpha value is -5.78. The van der Waals surface area contributed by atoms with E-state index in [0.29, 0.717) is 5.56 Å². The number of fused-ring (bicyclic) bond motifs is 2. The molecule has 274 valence electrons. The van der Waals surface area contributed by atoms with Gasteiger partial charge in [0, 0.05) is 29.1 Å². The lowest BCUT2D eigenvalue weighted by molar-refractivity contribution is 0.102. The van der Waals surface area contributed by atoms with Crippen LogP contribution in [0.4, 0.5) is 11.4 Å². The summed E-state index contributed by atoms with van der Waals surface area (Å²) in [6.45, 7) is 1.84. The van der Waals surface area contributed by atoms with Gasteiger partial charge in [0.05, 0.1) is 43.6 Å². The number of aromatic nitrogens is 1. The monoisotopic (exact) mass is 784 g/mol. The Kier molecular flexibility index (Phi) is 8.78. The Balaban J connectivity index is 1.43. The number of carbonyl (C=O) groups is 2. The van der Waals surface area contributed by atoms with E-state index in [1.54, 1.807) is 42.5 Å². The van der Waals surface area contributed by atoms with Gasteiger partial charge in [0.1, 0.15) is 4.90 Å².